The highest BCUT2D eigenvalue weighted by molar-refractivity contribution is 5.76. The Labute approximate surface area is 189 Å². The van der Waals surface area contributed by atoms with E-state index in [1.807, 2.05) is 53.2 Å². The van der Waals surface area contributed by atoms with Gasteiger partial charge in [0.05, 0.1) is 38.4 Å². The quantitative estimate of drug-likeness (QED) is 0.336. The largest absolute Gasteiger partial charge is 0.497 e. The highest BCUT2D eigenvalue weighted by Crippen LogP contribution is 2.36. The molecule has 4 rings (SSSR count). The van der Waals surface area contributed by atoms with E-state index in [0.29, 0.717) is 0 Å². The number of hydrogen-bond acceptors (Lipinski definition) is 4. The van der Waals surface area contributed by atoms with Crippen molar-refractivity contribution >= 4 is 0 Å². The summed E-state index contributed by atoms with van der Waals surface area (Å²) in [6.45, 7) is 2.19. The van der Waals surface area contributed by atoms with Crippen LogP contribution in [0.4, 0.5) is 0 Å². The second kappa shape index (κ2) is 9.60. The van der Waals surface area contributed by atoms with Gasteiger partial charge in [0.25, 0.3) is 0 Å². The van der Waals surface area contributed by atoms with Crippen LogP contribution in [0.5, 0.6) is 17.2 Å². The number of benzene rings is 3. The Morgan fingerprint density at radius 1 is 0.656 bits per heavy atom. The zero-order chi connectivity index (χ0) is 22.5. The first kappa shape index (κ1) is 21.5. The Kier molecular flexibility index (Phi) is 6.45. The van der Waals surface area contributed by atoms with Crippen LogP contribution in [-0.2, 0) is 6.42 Å². The number of methoxy groups -OCH3 is 3. The normalized spacial score (nSPS) is 10.8. The lowest BCUT2D eigenvalue weighted by Gasteiger charge is -2.11. The molecule has 0 aliphatic carbocycles. The lowest BCUT2D eigenvalue weighted by atomic mass is 9.98. The summed E-state index contributed by atoms with van der Waals surface area (Å²) in [5, 5.41) is 5.10. The van der Waals surface area contributed by atoms with Crippen molar-refractivity contribution in [1.29, 1.82) is 0 Å². The Morgan fingerprint density at radius 2 is 1.12 bits per heavy atom. The van der Waals surface area contributed by atoms with Gasteiger partial charge in [-0.15, -0.1) is 0 Å². The summed E-state index contributed by atoms with van der Waals surface area (Å²) < 4.78 is 18.1. The van der Waals surface area contributed by atoms with Crippen LogP contribution in [0.2, 0.25) is 0 Å². The average molecular weight is 429 g/mol. The summed E-state index contributed by atoms with van der Waals surface area (Å²) in [5.41, 5.74) is 6.43. The lowest BCUT2D eigenvalue weighted by Crippen LogP contribution is -2.00. The summed E-state index contributed by atoms with van der Waals surface area (Å²) in [5.74, 6) is 2.48. The van der Waals surface area contributed by atoms with Gasteiger partial charge in [0.15, 0.2) is 0 Å². The van der Waals surface area contributed by atoms with Crippen LogP contribution in [0.3, 0.4) is 0 Å². The molecule has 0 N–H and O–H groups in total. The van der Waals surface area contributed by atoms with Gasteiger partial charge >= 0.3 is 0 Å². The summed E-state index contributed by atoms with van der Waals surface area (Å²) >= 11 is 0. The highest BCUT2D eigenvalue weighted by atomic mass is 16.5. The molecule has 0 aliphatic heterocycles. The van der Waals surface area contributed by atoms with Gasteiger partial charge in [0.2, 0.25) is 0 Å². The van der Waals surface area contributed by atoms with Crippen molar-refractivity contribution in [2.75, 3.05) is 21.3 Å². The van der Waals surface area contributed by atoms with Gasteiger partial charge in [-0.05, 0) is 79.2 Å². The molecule has 0 amide bonds. The van der Waals surface area contributed by atoms with E-state index in [-0.39, 0.29) is 0 Å². The molecule has 0 saturated carbocycles. The topological polar surface area (TPSA) is 45.5 Å². The smallest absolute Gasteiger partial charge is 0.119 e. The van der Waals surface area contributed by atoms with E-state index in [1.54, 1.807) is 21.3 Å². The fourth-order valence-electron chi connectivity index (χ4n) is 3.87. The minimum absolute atomic E-state index is 0.816. The zero-order valence-corrected chi connectivity index (χ0v) is 19.0. The van der Waals surface area contributed by atoms with E-state index in [2.05, 4.69) is 31.2 Å². The summed E-state index contributed by atoms with van der Waals surface area (Å²) in [6, 6.07) is 24.2. The van der Waals surface area contributed by atoms with Crippen LogP contribution in [0.1, 0.15) is 18.9 Å². The van der Waals surface area contributed by atoms with Crippen molar-refractivity contribution in [1.82, 2.24) is 9.78 Å². The Morgan fingerprint density at radius 3 is 1.59 bits per heavy atom. The Hall–Kier alpha value is -3.73. The van der Waals surface area contributed by atoms with Crippen molar-refractivity contribution in [3.8, 4) is 45.5 Å². The molecule has 0 bridgehead atoms. The maximum Gasteiger partial charge on any atom is 0.119 e. The fourth-order valence-corrected chi connectivity index (χ4v) is 3.87. The molecule has 3 aromatic carbocycles. The predicted molar refractivity (Wildman–Crippen MR) is 128 cm³/mol. The minimum Gasteiger partial charge on any atom is -0.497 e. The maximum absolute atomic E-state index is 5.37. The van der Waals surface area contributed by atoms with E-state index in [0.717, 1.165) is 58.3 Å². The lowest BCUT2D eigenvalue weighted by molar-refractivity contribution is 0.414. The van der Waals surface area contributed by atoms with Crippen molar-refractivity contribution in [3.63, 3.8) is 0 Å². The number of hydrogen-bond donors (Lipinski definition) is 0. The molecule has 5 heteroatoms. The molecule has 32 heavy (non-hydrogen) atoms. The van der Waals surface area contributed by atoms with Crippen LogP contribution < -0.4 is 14.2 Å². The predicted octanol–water partition coefficient (Wildman–Crippen LogP) is 6.18. The molecule has 0 spiro atoms. The Balaban J connectivity index is 1.94. The molecular formula is C27H28N2O3. The van der Waals surface area contributed by atoms with Crippen LogP contribution in [0.15, 0.2) is 72.8 Å². The first-order valence-electron chi connectivity index (χ1n) is 10.7. The molecular weight excluding hydrogens is 400 g/mol. The number of ether oxygens (including phenoxy) is 3. The molecule has 5 nitrogen and oxygen atoms in total. The molecule has 0 aliphatic rings. The van der Waals surface area contributed by atoms with Gasteiger partial charge in [-0.25, -0.2) is 4.68 Å². The van der Waals surface area contributed by atoms with E-state index < -0.39 is 0 Å². The van der Waals surface area contributed by atoms with Crippen molar-refractivity contribution in [2.24, 2.45) is 0 Å². The molecule has 164 valence electrons. The first-order valence-corrected chi connectivity index (χ1v) is 10.7. The van der Waals surface area contributed by atoms with Crippen LogP contribution in [-0.4, -0.2) is 31.1 Å². The molecule has 4 aromatic rings. The second-order valence-electron chi connectivity index (χ2n) is 7.49. The van der Waals surface area contributed by atoms with Crippen LogP contribution in [0, 0.1) is 0 Å². The van der Waals surface area contributed by atoms with Gasteiger partial charge < -0.3 is 14.2 Å². The third kappa shape index (κ3) is 4.19. The summed E-state index contributed by atoms with van der Waals surface area (Å²) in [7, 11) is 5.03. The minimum atomic E-state index is 0.816. The molecule has 0 atom stereocenters. The van der Waals surface area contributed by atoms with E-state index in [1.165, 1.54) is 5.56 Å². The summed E-state index contributed by atoms with van der Waals surface area (Å²) in [4.78, 5) is 0. The monoisotopic (exact) mass is 428 g/mol. The van der Waals surface area contributed by atoms with Crippen molar-refractivity contribution in [3.05, 3.63) is 78.4 Å². The molecule has 0 radical (unpaired) electrons. The van der Waals surface area contributed by atoms with Gasteiger partial charge in [-0.2, -0.15) is 5.10 Å². The molecule has 0 unspecified atom stereocenters. The molecule has 0 fully saturated rings. The third-order valence-corrected chi connectivity index (χ3v) is 5.53. The Bertz CT molecular complexity index is 1160. The fraction of sp³-hybridized carbons (Fsp3) is 0.222. The maximum atomic E-state index is 5.37. The van der Waals surface area contributed by atoms with Gasteiger partial charge in [0.1, 0.15) is 17.2 Å². The second-order valence-corrected chi connectivity index (χ2v) is 7.49. The average Bonchev–Trinajstić information content (AvgIpc) is 3.23. The van der Waals surface area contributed by atoms with Gasteiger partial charge in [-0.3, -0.25) is 0 Å². The molecule has 0 saturated heterocycles. The molecule has 1 heterocycles. The third-order valence-electron chi connectivity index (χ3n) is 5.53. The van der Waals surface area contributed by atoms with Crippen LogP contribution >= 0.6 is 0 Å². The van der Waals surface area contributed by atoms with E-state index in [9.17, 15) is 0 Å². The van der Waals surface area contributed by atoms with Crippen LogP contribution in [0.25, 0.3) is 28.2 Å². The van der Waals surface area contributed by atoms with Gasteiger partial charge in [0, 0.05) is 16.7 Å². The number of nitrogens with zero attached hydrogens (tertiary/aromatic N) is 2. The molecule has 1 aromatic heterocycles. The zero-order valence-electron chi connectivity index (χ0n) is 19.0. The SMILES string of the molecule is CCCc1c(-c2ccc(OC)cc2)nn(-c2ccc(OC)cc2)c1-c1ccc(OC)cc1. The van der Waals surface area contributed by atoms with E-state index >= 15 is 0 Å². The first-order chi connectivity index (χ1) is 15.7. The summed E-state index contributed by atoms with van der Waals surface area (Å²) in [6.07, 6.45) is 1.93. The standard InChI is InChI=1S/C27H28N2O3/c1-5-6-25-26(19-7-13-22(30-2)14-8-19)28-29(21-11-17-24(32-4)18-12-21)27(25)20-9-15-23(31-3)16-10-20/h7-18H,5-6H2,1-4H3. The highest BCUT2D eigenvalue weighted by Gasteiger charge is 2.21. The number of aromatic nitrogens is 2. The van der Waals surface area contributed by atoms with Crippen molar-refractivity contribution < 1.29 is 14.2 Å². The van der Waals surface area contributed by atoms with Gasteiger partial charge in [-0.1, -0.05) is 13.3 Å². The number of rotatable bonds is 8. The van der Waals surface area contributed by atoms with Crippen molar-refractivity contribution in [2.45, 2.75) is 19.8 Å². The van der Waals surface area contributed by atoms with E-state index in [4.69, 9.17) is 19.3 Å².